The predicted molar refractivity (Wildman–Crippen MR) is 66.1 cm³/mol. The van der Waals surface area contributed by atoms with Crippen LogP contribution in [0.2, 0.25) is 0 Å². The average Bonchev–Trinajstić information content (AvgIpc) is 3.06. The van der Waals surface area contributed by atoms with E-state index in [2.05, 4.69) is 5.32 Å². The SMILES string of the molecule is CC(O)CC(NCC1CC1)c1cc(F)cc(F)c1. The molecule has 0 spiro atoms. The fraction of sp³-hybridized carbons (Fsp3) is 0.571. The lowest BCUT2D eigenvalue weighted by Gasteiger charge is -2.21. The number of nitrogens with one attached hydrogen (secondary N) is 1. The van der Waals surface area contributed by atoms with Crippen molar-refractivity contribution in [2.24, 2.45) is 5.92 Å². The molecule has 0 heterocycles. The lowest BCUT2D eigenvalue weighted by molar-refractivity contribution is 0.167. The number of rotatable bonds is 6. The Morgan fingerprint density at radius 1 is 1.28 bits per heavy atom. The fourth-order valence-corrected chi connectivity index (χ4v) is 2.09. The third-order valence-corrected chi connectivity index (χ3v) is 3.21. The van der Waals surface area contributed by atoms with Crippen molar-refractivity contribution in [1.29, 1.82) is 0 Å². The van der Waals surface area contributed by atoms with Gasteiger partial charge < -0.3 is 10.4 Å². The van der Waals surface area contributed by atoms with Gasteiger partial charge >= 0.3 is 0 Å². The molecule has 1 fully saturated rings. The van der Waals surface area contributed by atoms with Gasteiger partial charge in [-0.2, -0.15) is 0 Å². The molecule has 0 saturated heterocycles. The van der Waals surface area contributed by atoms with Crippen molar-refractivity contribution in [3.63, 3.8) is 0 Å². The van der Waals surface area contributed by atoms with Crippen LogP contribution in [-0.2, 0) is 0 Å². The van der Waals surface area contributed by atoms with E-state index in [9.17, 15) is 13.9 Å². The van der Waals surface area contributed by atoms with E-state index in [1.807, 2.05) is 0 Å². The molecule has 0 amide bonds. The van der Waals surface area contributed by atoms with Crippen molar-refractivity contribution in [2.45, 2.75) is 38.3 Å². The molecule has 0 radical (unpaired) electrons. The molecule has 1 aromatic rings. The molecule has 2 atom stereocenters. The molecule has 100 valence electrons. The first-order chi connectivity index (χ1) is 8.54. The number of hydrogen-bond acceptors (Lipinski definition) is 2. The highest BCUT2D eigenvalue weighted by Gasteiger charge is 2.23. The Morgan fingerprint density at radius 2 is 1.89 bits per heavy atom. The normalized spacial score (nSPS) is 18.7. The molecule has 4 heteroatoms. The predicted octanol–water partition coefficient (Wildman–Crippen LogP) is 2.78. The molecule has 0 aromatic heterocycles. The van der Waals surface area contributed by atoms with Gasteiger partial charge in [0.25, 0.3) is 0 Å². The number of halogens is 2. The van der Waals surface area contributed by atoms with E-state index in [1.54, 1.807) is 6.92 Å². The maximum atomic E-state index is 13.2. The van der Waals surface area contributed by atoms with Crippen LogP contribution in [0, 0.1) is 17.6 Å². The lowest BCUT2D eigenvalue weighted by atomic mass is 10.0. The highest BCUT2D eigenvalue weighted by Crippen LogP contribution is 2.29. The molecule has 2 N–H and O–H groups in total. The van der Waals surface area contributed by atoms with Crippen molar-refractivity contribution in [2.75, 3.05) is 6.54 Å². The van der Waals surface area contributed by atoms with Crippen LogP contribution in [0.3, 0.4) is 0 Å². The molecule has 0 bridgehead atoms. The summed E-state index contributed by atoms with van der Waals surface area (Å²) >= 11 is 0. The smallest absolute Gasteiger partial charge is 0.126 e. The summed E-state index contributed by atoms with van der Waals surface area (Å²) in [5.74, 6) is -0.470. The molecular weight excluding hydrogens is 236 g/mol. The number of aliphatic hydroxyl groups is 1. The zero-order valence-electron chi connectivity index (χ0n) is 10.5. The van der Waals surface area contributed by atoms with Crippen LogP contribution in [0.1, 0.15) is 37.8 Å². The topological polar surface area (TPSA) is 32.3 Å². The van der Waals surface area contributed by atoms with Gasteiger partial charge in [-0.3, -0.25) is 0 Å². The largest absolute Gasteiger partial charge is 0.393 e. The first-order valence-electron chi connectivity index (χ1n) is 6.42. The van der Waals surface area contributed by atoms with E-state index in [1.165, 1.54) is 25.0 Å². The first-order valence-corrected chi connectivity index (χ1v) is 6.42. The molecule has 1 aromatic carbocycles. The zero-order chi connectivity index (χ0) is 13.1. The molecule has 18 heavy (non-hydrogen) atoms. The third kappa shape index (κ3) is 4.03. The van der Waals surface area contributed by atoms with Gasteiger partial charge in [0.1, 0.15) is 11.6 Å². The Bertz CT molecular complexity index is 385. The van der Waals surface area contributed by atoms with Gasteiger partial charge in [0.05, 0.1) is 6.10 Å². The fourth-order valence-electron chi connectivity index (χ4n) is 2.09. The van der Waals surface area contributed by atoms with Crippen molar-refractivity contribution in [3.8, 4) is 0 Å². The lowest BCUT2D eigenvalue weighted by Crippen LogP contribution is -2.26. The number of benzene rings is 1. The Kier molecular flexibility index (Phi) is 4.30. The van der Waals surface area contributed by atoms with Crippen molar-refractivity contribution in [3.05, 3.63) is 35.4 Å². The minimum atomic E-state index is -0.575. The summed E-state index contributed by atoms with van der Waals surface area (Å²) in [5.41, 5.74) is 0.564. The summed E-state index contributed by atoms with van der Waals surface area (Å²) in [6, 6.07) is 3.33. The van der Waals surface area contributed by atoms with Gasteiger partial charge in [0.2, 0.25) is 0 Å². The molecule has 2 rings (SSSR count). The summed E-state index contributed by atoms with van der Waals surface area (Å²) in [7, 11) is 0. The first kappa shape index (κ1) is 13.4. The molecule has 2 nitrogen and oxygen atoms in total. The highest BCUT2D eigenvalue weighted by atomic mass is 19.1. The molecule has 2 unspecified atom stereocenters. The summed E-state index contributed by atoms with van der Waals surface area (Å²) < 4.78 is 26.4. The van der Waals surface area contributed by atoms with Gasteiger partial charge in [0, 0.05) is 12.1 Å². The van der Waals surface area contributed by atoms with Crippen LogP contribution in [0.25, 0.3) is 0 Å². The van der Waals surface area contributed by atoms with Gasteiger partial charge in [-0.1, -0.05) is 0 Å². The highest BCUT2D eigenvalue weighted by molar-refractivity contribution is 5.21. The second kappa shape index (κ2) is 5.76. The molecular formula is C14H19F2NO. The van der Waals surface area contributed by atoms with Gasteiger partial charge in [0.15, 0.2) is 0 Å². The van der Waals surface area contributed by atoms with E-state index in [0.29, 0.717) is 17.9 Å². The van der Waals surface area contributed by atoms with Gasteiger partial charge in [-0.25, -0.2) is 8.78 Å². The standard InChI is InChI=1S/C14H19F2NO/c1-9(18)4-14(17-8-10-2-3-10)11-5-12(15)7-13(16)6-11/h5-7,9-10,14,17-18H,2-4,8H2,1H3. The summed E-state index contributed by atoms with van der Waals surface area (Å²) in [4.78, 5) is 0. The van der Waals surface area contributed by atoms with Crippen LogP contribution in [0.5, 0.6) is 0 Å². The minimum Gasteiger partial charge on any atom is -0.393 e. The Morgan fingerprint density at radius 3 is 2.39 bits per heavy atom. The summed E-state index contributed by atoms with van der Waals surface area (Å²) in [6.07, 6.45) is 2.38. The second-order valence-corrected chi connectivity index (χ2v) is 5.19. The van der Waals surface area contributed by atoms with E-state index >= 15 is 0 Å². The monoisotopic (exact) mass is 255 g/mol. The van der Waals surface area contributed by atoms with E-state index in [-0.39, 0.29) is 6.04 Å². The van der Waals surface area contributed by atoms with Crippen LogP contribution in [0.15, 0.2) is 18.2 Å². The van der Waals surface area contributed by atoms with Gasteiger partial charge in [-0.15, -0.1) is 0 Å². The minimum absolute atomic E-state index is 0.198. The maximum Gasteiger partial charge on any atom is 0.126 e. The average molecular weight is 255 g/mol. The third-order valence-electron chi connectivity index (χ3n) is 3.21. The second-order valence-electron chi connectivity index (χ2n) is 5.19. The molecule has 1 aliphatic carbocycles. The maximum absolute atomic E-state index is 13.2. The molecule has 1 aliphatic rings. The molecule has 1 saturated carbocycles. The van der Waals surface area contributed by atoms with Crippen LogP contribution < -0.4 is 5.32 Å². The van der Waals surface area contributed by atoms with Crippen molar-refractivity contribution >= 4 is 0 Å². The van der Waals surface area contributed by atoms with E-state index in [0.717, 1.165) is 12.6 Å². The van der Waals surface area contributed by atoms with Crippen LogP contribution in [-0.4, -0.2) is 17.8 Å². The van der Waals surface area contributed by atoms with E-state index in [4.69, 9.17) is 0 Å². The Labute approximate surface area is 106 Å². The van der Waals surface area contributed by atoms with Gasteiger partial charge in [-0.05, 0) is 56.3 Å². The summed E-state index contributed by atoms with van der Waals surface area (Å²) in [5, 5.41) is 12.8. The van der Waals surface area contributed by atoms with Crippen molar-refractivity contribution < 1.29 is 13.9 Å². The Hall–Kier alpha value is -1.00. The number of hydrogen-bond donors (Lipinski definition) is 2. The van der Waals surface area contributed by atoms with Crippen LogP contribution >= 0.6 is 0 Å². The van der Waals surface area contributed by atoms with E-state index < -0.39 is 17.7 Å². The Balaban J connectivity index is 2.08. The zero-order valence-corrected chi connectivity index (χ0v) is 10.5. The quantitative estimate of drug-likeness (QED) is 0.819. The number of aliphatic hydroxyl groups excluding tert-OH is 1. The van der Waals surface area contributed by atoms with Crippen molar-refractivity contribution in [1.82, 2.24) is 5.32 Å². The van der Waals surface area contributed by atoms with Crippen LogP contribution in [0.4, 0.5) is 8.78 Å². The molecule has 0 aliphatic heterocycles. The summed E-state index contributed by atoms with van der Waals surface area (Å²) in [6.45, 7) is 2.52.